The lowest BCUT2D eigenvalue weighted by atomic mass is 10.9. The van der Waals surface area contributed by atoms with Gasteiger partial charge in [-0.15, -0.1) is 0 Å². The summed E-state index contributed by atoms with van der Waals surface area (Å²) in [6, 6.07) is 0.904. The van der Waals surface area contributed by atoms with Crippen molar-refractivity contribution >= 4 is 27.6 Å². The first-order valence-corrected chi connectivity index (χ1v) is 11.1. The fourth-order valence-electron chi connectivity index (χ4n) is 1.96. The molecule has 0 aromatic rings. The smallest absolute Gasteiger partial charge is 0.325 e. The van der Waals surface area contributed by atoms with Crippen LogP contribution in [0.15, 0.2) is 0 Å². The van der Waals surface area contributed by atoms with Crippen LogP contribution in [0.1, 0.15) is 0 Å². The molecule has 0 aliphatic heterocycles. The zero-order valence-corrected chi connectivity index (χ0v) is 15.6. The Balaban J connectivity index is 4.72. The second kappa shape index (κ2) is 11.3. The van der Waals surface area contributed by atoms with Gasteiger partial charge in [0, 0.05) is 47.8 Å². The van der Waals surface area contributed by atoms with Gasteiger partial charge in [-0.1, -0.05) is 0 Å². The predicted octanol–water partition coefficient (Wildman–Crippen LogP) is -0.522. The first kappa shape index (κ1) is 18.4. The molecule has 0 aliphatic rings. The fraction of sp³-hybridized carbons (Fsp3) is 1.00. The lowest BCUT2D eigenvalue weighted by Gasteiger charge is -2.28. The van der Waals surface area contributed by atoms with E-state index in [4.69, 9.17) is 26.9 Å². The quantitative estimate of drug-likeness (QED) is 0.478. The maximum atomic E-state index is 5.54. The predicted molar refractivity (Wildman–Crippen MR) is 76.9 cm³/mol. The number of ether oxygens (including phenoxy) is 1. The van der Waals surface area contributed by atoms with Crippen molar-refractivity contribution in [1.29, 1.82) is 0 Å². The second-order valence-electron chi connectivity index (χ2n) is 3.89. The molecule has 6 nitrogen and oxygen atoms in total. The first-order chi connectivity index (χ1) is 8.68. The van der Waals surface area contributed by atoms with Crippen molar-refractivity contribution in [3.05, 3.63) is 0 Å². The number of rotatable bonds is 11. The third-order valence-electron chi connectivity index (χ3n) is 2.85. The molecule has 18 heavy (non-hydrogen) atoms. The summed E-state index contributed by atoms with van der Waals surface area (Å²) < 4.78 is 32.7. The monoisotopic (exact) mass is 314 g/mol. The van der Waals surface area contributed by atoms with Gasteiger partial charge in [0.05, 0.1) is 6.23 Å². The van der Waals surface area contributed by atoms with Gasteiger partial charge >= 0.3 is 18.6 Å². The van der Waals surface area contributed by atoms with Crippen LogP contribution in [0.25, 0.3) is 0 Å². The summed E-state index contributed by atoms with van der Waals surface area (Å²) in [5.41, 5.74) is 0. The van der Waals surface area contributed by atoms with Crippen LogP contribution >= 0.6 is 0 Å². The standard InChI is InChI=1S/C9H26O6Si3/c1-10-8-16(11-2)7-9(17(12-3)13-4)18(14-5)15-6/h9,16-18H,7-8H2,1-6H3. The Labute approximate surface area is 115 Å². The Bertz CT molecular complexity index is 179. The van der Waals surface area contributed by atoms with Gasteiger partial charge in [-0.3, -0.25) is 0 Å². The summed E-state index contributed by atoms with van der Waals surface area (Å²) >= 11 is 0. The minimum atomic E-state index is -1.78. The van der Waals surface area contributed by atoms with E-state index in [1.54, 1.807) is 42.7 Å². The molecule has 0 heterocycles. The van der Waals surface area contributed by atoms with Crippen LogP contribution in [0.5, 0.6) is 0 Å². The minimum Gasteiger partial charge on any atom is -0.421 e. The van der Waals surface area contributed by atoms with E-state index in [0.717, 1.165) is 6.04 Å². The maximum Gasteiger partial charge on any atom is 0.325 e. The largest absolute Gasteiger partial charge is 0.421 e. The molecule has 110 valence electrons. The molecule has 0 saturated carbocycles. The van der Waals surface area contributed by atoms with Gasteiger partial charge in [0.25, 0.3) is 0 Å². The number of hydrogen-bond donors (Lipinski definition) is 0. The summed E-state index contributed by atoms with van der Waals surface area (Å²) in [7, 11) is 5.18. The molecule has 0 amide bonds. The van der Waals surface area contributed by atoms with E-state index in [-0.39, 0.29) is 5.16 Å². The third kappa shape index (κ3) is 6.04. The Morgan fingerprint density at radius 2 is 1.17 bits per heavy atom. The zero-order chi connectivity index (χ0) is 14.0. The van der Waals surface area contributed by atoms with E-state index >= 15 is 0 Å². The van der Waals surface area contributed by atoms with Crippen molar-refractivity contribution in [2.24, 2.45) is 0 Å². The summed E-state index contributed by atoms with van der Waals surface area (Å²) in [5.74, 6) is 0. The molecule has 0 radical (unpaired) electrons. The Hall–Kier alpha value is 0.411. The number of hydrogen-bond acceptors (Lipinski definition) is 6. The average molecular weight is 315 g/mol. The zero-order valence-electron chi connectivity index (χ0n) is 12.2. The topological polar surface area (TPSA) is 55.4 Å². The van der Waals surface area contributed by atoms with Crippen molar-refractivity contribution in [1.82, 2.24) is 0 Å². The molecule has 0 saturated heterocycles. The molecule has 0 fully saturated rings. The van der Waals surface area contributed by atoms with Crippen LogP contribution in [0.2, 0.25) is 11.2 Å². The van der Waals surface area contributed by atoms with E-state index in [2.05, 4.69) is 0 Å². The molecule has 0 rings (SSSR count). The Morgan fingerprint density at radius 1 is 0.722 bits per heavy atom. The average Bonchev–Trinajstić information content (AvgIpc) is 2.40. The van der Waals surface area contributed by atoms with Crippen molar-refractivity contribution < 1.29 is 26.9 Å². The molecule has 0 aliphatic carbocycles. The normalized spacial score (nSPS) is 13.8. The van der Waals surface area contributed by atoms with E-state index in [9.17, 15) is 0 Å². The summed E-state index contributed by atoms with van der Waals surface area (Å²) in [4.78, 5) is 0. The lowest BCUT2D eigenvalue weighted by Crippen LogP contribution is -2.43. The van der Waals surface area contributed by atoms with Crippen LogP contribution in [0.4, 0.5) is 0 Å². The molecule has 1 unspecified atom stereocenters. The molecular formula is C9H26O6Si3. The van der Waals surface area contributed by atoms with Crippen molar-refractivity contribution in [2.45, 2.75) is 11.2 Å². The highest BCUT2D eigenvalue weighted by Crippen LogP contribution is 2.24. The Morgan fingerprint density at radius 3 is 1.44 bits per heavy atom. The highest BCUT2D eigenvalue weighted by molar-refractivity contribution is 6.70. The van der Waals surface area contributed by atoms with Crippen LogP contribution in [-0.4, -0.2) is 76.5 Å². The summed E-state index contributed by atoms with van der Waals surface area (Å²) in [6.45, 7) is 0. The Kier molecular flexibility index (Phi) is 11.5. The summed E-state index contributed by atoms with van der Waals surface area (Å²) in [5, 5.41) is 0.224. The molecule has 9 heteroatoms. The van der Waals surface area contributed by atoms with Crippen LogP contribution < -0.4 is 0 Å². The fourth-order valence-corrected chi connectivity index (χ4v) is 11.7. The van der Waals surface area contributed by atoms with Gasteiger partial charge < -0.3 is 26.9 Å². The van der Waals surface area contributed by atoms with Crippen LogP contribution in [0.3, 0.4) is 0 Å². The molecular weight excluding hydrogens is 288 g/mol. The van der Waals surface area contributed by atoms with Crippen LogP contribution in [-0.2, 0) is 26.9 Å². The van der Waals surface area contributed by atoms with E-state index in [1.165, 1.54) is 0 Å². The summed E-state index contributed by atoms with van der Waals surface area (Å²) in [6.07, 6.45) is 0.677. The highest BCUT2D eigenvalue weighted by Gasteiger charge is 2.37. The second-order valence-corrected chi connectivity index (χ2v) is 12.3. The molecule has 0 N–H and O–H groups in total. The van der Waals surface area contributed by atoms with Crippen LogP contribution in [0, 0.1) is 0 Å². The van der Waals surface area contributed by atoms with Gasteiger partial charge in [-0.2, -0.15) is 0 Å². The third-order valence-corrected chi connectivity index (χ3v) is 12.1. The number of methoxy groups -OCH3 is 1. The van der Waals surface area contributed by atoms with E-state index < -0.39 is 27.6 Å². The van der Waals surface area contributed by atoms with Crippen molar-refractivity contribution in [3.8, 4) is 0 Å². The molecule has 0 bridgehead atoms. The van der Waals surface area contributed by atoms with Crippen molar-refractivity contribution in [2.75, 3.05) is 48.9 Å². The molecule has 1 atom stereocenters. The van der Waals surface area contributed by atoms with E-state index in [1.807, 2.05) is 0 Å². The highest BCUT2D eigenvalue weighted by atomic mass is 28.4. The molecule has 0 aromatic heterocycles. The maximum absolute atomic E-state index is 5.54. The van der Waals surface area contributed by atoms with E-state index in [0.29, 0.717) is 6.23 Å². The van der Waals surface area contributed by atoms with Gasteiger partial charge in [-0.25, -0.2) is 0 Å². The minimum absolute atomic E-state index is 0.224. The van der Waals surface area contributed by atoms with Gasteiger partial charge in [-0.05, 0) is 6.04 Å². The van der Waals surface area contributed by atoms with Gasteiger partial charge in [0.15, 0.2) is 0 Å². The first-order valence-electron chi connectivity index (χ1n) is 5.81. The lowest BCUT2D eigenvalue weighted by molar-refractivity contribution is 0.224. The van der Waals surface area contributed by atoms with Gasteiger partial charge in [0.1, 0.15) is 0 Å². The van der Waals surface area contributed by atoms with Gasteiger partial charge in [0.2, 0.25) is 9.04 Å². The molecule has 0 spiro atoms. The SMILES string of the molecule is COC[SiH](CC([SiH](OC)OC)[SiH](OC)OC)OC. The molecule has 0 aromatic carbocycles. The van der Waals surface area contributed by atoms with Crippen molar-refractivity contribution in [3.63, 3.8) is 0 Å².